The van der Waals surface area contributed by atoms with Gasteiger partial charge in [-0.25, -0.2) is 9.78 Å². The van der Waals surface area contributed by atoms with E-state index in [0.717, 1.165) is 19.3 Å². The molecule has 1 aliphatic carbocycles. The fourth-order valence-electron chi connectivity index (χ4n) is 2.89. The van der Waals surface area contributed by atoms with Gasteiger partial charge in [0, 0.05) is 0 Å². The zero-order valence-electron chi connectivity index (χ0n) is 14.3. The average molecular weight is 393 g/mol. The van der Waals surface area contributed by atoms with Crippen molar-refractivity contribution < 1.29 is 14.3 Å². The molecular formula is C19H18Cl2N2O3. The first-order valence-electron chi connectivity index (χ1n) is 8.35. The summed E-state index contributed by atoms with van der Waals surface area (Å²) in [7, 11) is 0. The molecule has 5 nitrogen and oxygen atoms in total. The van der Waals surface area contributed by atoms with Gasteiger partial charge >= 0.3 is 5.97 Å². The highest BCUT2D eigenvalue weighted by atomic mass is 35.5. The molecule has 0 aliphatic heterocycles. The molecule has 1 amide bonds. The normalized spacial score (nSPS) is 13.0. The third kappa shape index (κ3) is 4.34. The maximum absolute atomic E-state index is 12.2. The van der Waals surface area contributed by atoms with E-state index in [4.69, 9.17) is 27.9 Å². The Kier molecular flexibility index (Phi) is 5.79. The summed E-state index contributed by atoms with van der Waals surface area (Å²) in [6.07, 6.45) is 4.32. The Morgan fingerprint density at radius 2 is 1.85 bits per heavy atom. The summed E-state index contributed by atoms with van der Waals surface area (Å²) in [5.41, 5.74) is 3.46. The van der Waals surface area contributed by atoms with Gasteiger partial charge in [-0.2, -0.15) is 0 Å². The van der Waals surface area contributed by atoms with Crippen LogP contribution < -0.4 is 5.32 Å². The number of nitrogens with zero attached hydrogens (tertiary/aromatic N) is 1. The first kappa shape index (κ1) is 18.7. The van der Waals surface area contributed by atoms with Crippen LogP contribution in [0.4, 0.5) is 5.82 Å². The minimum absolute atomic E-state index is 0.184. The zero-order chi connectivity index (χ0) is 18.7. The average Bonchev–Trinajstić information content (AvgIpc) is 2.63. The molecule has 0 saturated heterocycles. The molecular weight excluding hydrogens is 375 g/mol. The van der Waals surface area contributed by atoms with Crippen LogP contribution in [0.15, 0.2) is 24.3 Å². The van der Waals surface area contributed by atoms with Crippen LogP contribution in [0.2, 0.25) is 10.0 Å². The van der Waals surface area contributed by atoms with Crippen molar-refractivity contribution in [1.82, 2.24) is 4.98 Å². The van der Waals surface area contributed by atoms with E-state index in [1.165, 1.54) is 23.6 Å². The van der Waals surface area contributed by atoms with Crippen molar-refractivity contribution in [2.75, 3.05) is 11.9 Å². The van der Waals surface area contributed by atoms with Crippen LogP contribution in [0.3, 0.4) is 0 Å². The largest absolute Gasteiger partial charge is 0.452 e. The molecule has 136 valence electrons. The number of fused-ring (bicyclic) bond motifs is 1. The Balaban J connectivity index is 1.59. The van der Waals surface area contributed by atoms with Crippen LogP contribution in [-0.4, -0.2) is 23.5 Å². The fraction of sp³-hybridized carbons (Fsp3) is 0.316. The van der Waals surface area contributed by atoms with E-state index in [-0.39, 0.29) is 10.8 Å². The molecule has 0 bridgehead atoms. The molecule has 1 aliphatic rings. The number of halogens is 2. The number of anilines is 1. The summed E-state index contributed by atoms with van der Waals surface area (Å²) in [4.78, 5) is 28.3. The van der Waals surface area contributed by atoms with Crippen molar-refractivity contribution in [1.29, 1.82) is 0 Å². The monoisotopic (exact) mass is 392 g/mol. The van der Waals surface area contributed by atoms with Crippen LogP contribution in [0.1, 0.15) is 40.0 Å². The molecule has 3 rings (SSSR count). The molecule has 0 radical (unpaired) electrons. The summed E-state index contributed by atoms with van der Waals surface area (Å²) in [6, 6.07) is 7.06. The Morgan fingerprint density at radius 3 is 2.62 bits per heavy atom. The molecule has 0 saturated carbocycles. The minimum Gasteiger partial charge on any atom is -0.452 e. The summed E-state index contributed by atoms with van der Waals surface area (Å²) in [5, 5.41) is 3.14. The van der Waals surface area contributed by atoms with E-state index in [0.29, 0.717) is 16.3 Å². The smallest absolute Gasteiger partial charge is 0.338 e. The number of carbonyl (C=O) groups is 2. The lowest BCUT2D eigenvalue weighted by Crippen LogP contribution is -2.22. The standard InChI is InChI=1S/C19H18Cl2N2O3/c1-11-15(20)9-16(21)18(22-11)23-17(24)10-26-19(25)14-7-6-12-4-2-3-5-13(12)8-14/h6-9H,2-5,10H2,1H3,(H,22,23,24). The maximum Gasteiger partial charge on any atom is 0.338 e. The summed E-state index contributed by atoms with van der Waals surface area (Å²) in [6.45, 7) is 1.28. The summed E-state index contributed by atoms with van der Waals surface area (Å²) in [5.74, 6) is -0.865. The first-order chi connectivity index (χ1) is 12.4. The second-order valence-electron chi connectivity index (χ2n) is 6.20. The molecule has 1 aromatic heterocycles. The number of hydrogen-bond acceptors (Lipinski definition) is 4. The third-order valence-corrected chi connectivity index (χ3v) is 4.95. The van der Waals surface area contributed by atoms with Gasteiger partial charge in [-0.05, 0) is 61.9 Å². The molecule has 1 heterocycles. The Hall–Kier alpha value is -2.11. The number of hydrogen-bond donors (Lipinski definition) is 1. The topological polar surface area (TPSA) is 68.3 Å². The van der Waals surface area contributed by atoms with Crippen LogP contribution in [-0.2, 0) is 22.4 Å². The van der Waals surface area contributed by atoms with E-state index in [1.807, 2.05) is 12.1 Å². The molecule has 0 spiro atoms. The molecule has 1 aromatic carbocycles. The number of amides is 1. The van der Waals surface area contributed by atoms with Crippen LogP contribution in [0.25, 0.3) is 0 Å². The SMILES string of the molecule is Cc1nc(NC(=O)COC(=O)c2ccc3c(c2)CCCC3)c(Cl)cc1Cl. The van der Waals surface area contributed by atoms with Gasteiger partial charge < -0.3 is 10.1 Å². The Bertz CT molecular complexity index is 868. The molecule has 0 unspecified atom stereocenters. The lowest BCUT2D eigenvalue weighted by molar-refractivity contribution is -0.119. The van der Waals surface area contributed by atoms with E-state index < -0.39 is 18.5 Å². The van der Waals surface area contributed by atoms with Crippen LogP contribution in [0, 0.1) is 6.92 Å². The number of esters is 1. The van der Waals surface area contributed by atoms with Gasteiger partial charge in [-0.3, -0.25) is 4.79 Å². The molecule has 26 heavy (non-hydrogen) atoms. The predicted octanol–water partition coefficient (Wildman–Crippen LogP) is 4.37. The quantitative estimate of drug-likeness (QED) is 0.784. The molecule has 7 heteroatoms. The summed E-state index contributed by atoms with van der Waals surface area (Å²) >= 11 is 11.9. The second-order valence-corrected chi connectivity index (χ2v) is 7.02. The van der Waals surface area contributed by atoms with Gasteiger partial charge in [0.15, 0.2) is 12.4 Å². The lowest BCUT2D eigenvalue weighted by Gasteiger charge is -2.16. The molecule has 0 fully saturated rings. The van der Waals surface area contributed by atoms with Gasteiger partial charge in [0.05, 0.1) is 21.3 Å². The van der Waals surface area contributed by atoms with Crippen molar-refractivity contribution in [3.8, 4) is 0 Å². The lowest BCUT2D eigenvalue weighted by atomic mass is 9.90. The van der Waals surface area contributed by atoms with Gasteiger partial charge in [0.1, 0.15) is 0 Å². The van der Waals surface area contributed by atoms with Crippen LogP contribution in [0.5, 0.6) is 0 Å². The van der Waals surface area contributed by atoms with Crippen molar-refractivity contribution in [2.45, 2.75) is 32.6 Å². The van der Waals surface area contributed by atoms with Crippen LogP contribution >= 0.6 is 23.2 Å². The highest BCUT2D eigenvalue weighted by Crippen LogP contribution is 2.25. The Morgan fingerprint density at radius 1 is 1.12 bits per heavy atom. The van der Waals surface area contributed by atoms with E-state index in [2.05, 4.69) is 10.3 Å². The van der Waals surface area contributed by atoms with Gasteiger partial charge in [0.2, 0.25) is 0 Å². The van der Waals surface area contributed by atoms with E-state index in [1.54, 1.807) is 13.0 Å². The van der Waals surface area contributed by atoms with E-state index in [9.17, 15) is 9.59 Å². The molecule has 1 N–H and O–H groups in total. The molecule has 0 atom stereocenters. The number of nitrogens with one attached hydrogen (secondary N) is 1. The van der Waals surface area contributed by atoms with E-state index >= 15 is 0 Å². The number of benzene rings is 1. The van der Waals surface area contributed by atoms with Crippen molar-refractivity contribution in [2.24, 2.45) is 0 Å². The fourth-order valence-corrected chi connectivity index (χ4v) is 3.30. The van der Waals surface area contributed by atoms with Gasteiger partial charge in [0.25, 0.3) is 5.91 Å². The third-order valence-electron chi connectivity index (χ3n) is 4.28. The number of aromatic nitrogens is 1. The number of rotatable bonds is 4. The minimum atomic E-state index is -0.528. The highest BCUT2D eigenvalue weighted by molar-refractivity contribution is 6.36. The van der Waals surface area contributed by atoms with Crippen molar-refractivity contribution in [3.05, 3.63) is 56.7 Å². The first-order valence-corrected chi connectivity index (χ1v) is 9.11. The van der Waals surface area contributed by atoms with Crippen molar-refractivity contribution in [3.63, 3.8) is 0 Å². The number of aryl methyl sites for hydroxylation is 3. The predicted molar refractivity (Wildman–Crippen MR) is 101 cm³/mol. The molecule has 2 aromatic rings. The zero-order valence-corrected chi connectivity index (χ0v) is 15.8. The van der Waals surface area contributed by atoms with Crippen molar-refractivity contribution >= 4 is 40.9 Å². The highest BCUT2D eigenvalue weighted by Gasteiger charge is 2.16. The second kappa shape index (κ2) is 8.06. The number of pyridine rings is 1. The number of carbonyl (C=O) groups excluding carboxylic acids is 2. The number of ether oxygens (including phenoxy) is 1. The Labute approximate surface area is 161 Å². The maximum atomic E-state index is 12.2. The summed E-state index contributed by atoms with van der Waals surface area (Å²) < 4.78 is 5.10. The van der Waals surface area contributed by atoms with Gasteiger partial charge in [-0.15, -0.1) is 0 Å². The van der Waals surface area contributed by atoms with Gasteiger partial charge in [-0.1, -0.05) is 29.3 Å².